The quantitative estimate of drug-likeness (QED) is 0.359. The number of primary amides is 1. The maximum absolute atomic E-state index is 13.6. The number of amides is 1. The van der Waals surface area contributed by atoms with E-state index < -0.39 is 58.7 Å². The van der Waals surface area contributed by atoms with E-state index in [1.54, 1.807) is 14.1 Å². The average molecular weight is 441 g/mol. The van der Waals surface area contributed by atoms with Crippen LogP contribution in [0.3, 0.4) is 0 Å². The molecule has 2 saturated carbocycles. The van der Waals surface area contributed by atoms with Crippen LogP contribution in [0.4, 0.5) is 0 Å². The van der Waals surface area contributed by atoms with Gasteiger partial charge in [0.1, 0.15) is 17.4 Å². The molecule has 6 N–H and O–H groups in total. The molecule has 10 nitrogen and oxygen atoms in total. The van der Waals surface area contributed by atoms with Crippen molar-refractivity contribution in [3.8, 4) is 11.8 Å². The smallest absolute Gasteiger partial charge is 0.230 e. The Labute approximate surface area is 183 Å². The number of ketones is 2. The van der Waals surface area contributed by atoms with Crippen LogP contribution in [0.1, 0.15) is 23.1 Å². The summed E-state index contributed by atoms with van der Waals surface area (Å²) in [6.45, 7) is 0. The zero-order valence-electron chi connectivity index (χ0n) is 17.4. The van der Waals surface area contributed by atoms with E-state index in [1.807, 2.05) is 6.07 Å². The lowest BCUT2D eigenvalue weighted by Crippen LogP contribution is -2.73. The Kier molecular flexibility index (Phi) is 4.89. The number of nitriles is 1. The molecule has 0 radical (unpaired) electrons. The lowest BCUT2D eigenvalue weighted by atomic mass is 9.54. The Morgan fingerprint density at radius 1 is 1.28 bits per heavy atom. The summed E-state index contributed by atoms with van der Waals surface area (Å²) in [6.07, 6.45) is -1.42. The van der Waals surface area contributed by atoms with Crippen LogP contribution in [0.2, 0.25) is 0 Å². The molecular weight excluding hydrogens is 418 g/mol. The molecule has 0 spiro atoms. The summed E-state index contributed by atoms with van der Waals surface area (Å²) < 4.78 is 0. The number of benzene rings is 1. The van der Waals surface area contributed by atoms with E-state index in [1.165, 1.54) is 17.0 Å². The first kappa shape index (κ1) is 22.0. The van der Waals surface area contributed by atoms with Crippen LogP contribution in [0.5, 0.6) is 5.75 Å². The number of nitrogens with two attached hydrogens (primary N) is 1. The van der Waals surface area contributed by atoms with Gasteiger partial charge in [-0.05, 0) is 50.6 Å². The molecular formula is C22H23N3O7. The van der Waals surface area contributed by atoms with Crippen molar-refractivity contribution in [2.75, 3.05) is 14.1 Å². The van der Waals surface area contributed by atoms with Crippen molar-refractivity contribution in [2.24, 2.45) is 23.5 Å². The van der Waals surface area contributed by atoms with Crippen molar-refractivity contribution in [1.82, 2.24) is 4.90 Å². The monoisotopic (exact) mass is 441 g/mol. The van der Waals surface area contributed by atoms with Crippen LogP contribution < -0.4 is 5.73 Å². The molecule has 0 saturated heterocycles. The third-order valence-electron chi connectivity index (χ3n) is 7.09. The van der Waals surface area contributed by atoms with Crippen molar-refractivity contribution in [1.29, 1.82) is 5.26 Å². The van der Waals surface area contributed by atoms with Crippen molar-refractivity contribution in [3.05, 3.63) is 34.4 Å². The molecule has 6 atom stereocenters. The fraction of sp³-hybridized carbons (Fsp3) is 0.455. The van der Waals surface area contributed by atoms with E-state index >= 15 is 0 Å². The first-order valence-corrected chi connectivity index (χ1v) is 10.1. The van der Waals surface area contributed by atoms with Gasteiger partial charge >= 0.3 is 0 Å². The Balaban J connectivity index is 1.95. The number of nitrogens with zero attached hydrogens (tertiary/aromatic N) is 2. The molecule has 32 heavy (non-hydrogen) atoms. The third-order valence-corrected chi connectivity index (χ3v) is 7.09. The number of phenols is 1. The molecule has 0 aromatic heterocycles. The molecule has 4 rings (SSSR count). The van der Waals surface area contributed by atoms with Crippen LogP contribution in [0, 0.1) is 29.1 Å². The predicted octanol–water partition coefficient (Wildman–Crippen LogP) is -0.999. The molecule has 2 fully saturated rings. The molecule has 0 bridgehead atoms. The Morgan fingerprint density at radius 2 is 1.94 bits per heavy atom. The van der Waals surface area contributed by atoms with Crippen molar-refractivity contribution >= 4 is 23.2 Å². The number of rotatable bonds is 2. The van der Waals surface area contributed by atoms with Gasteiger partial charge in [-0.2, -0.15) is 5.26 Å². The lowest BCUT2D eigenvalue weighted by molar-refractivity contribution is -0.184. The second-order valence-electron chi connectivity index (χ2n) is 8.89. The highest BCUT2D eigenvalue weighted by Crippen LogP contribution is 2.52. The van der Waals surface area contributed by atoms with Gasteiger partial charge in [0.05, 0.1) is 23.3 Å². The highest BCUT2D eigenvalue weighted by molar-refractivity contribution is 6.25. The maximum atomic E-state index is 13.6. The topological polar surface area (TPSA) is 185 Å². The number of aliphatic hydroxyl groups is 3. The van der Waals surface area contributed by atoms with Gasteiger partial charge < -0.3 is 31.1 Å². The van der Waals surface area contributed by atoms with Crippen LogP contribution >= 0.6 is 0 Å². The number of fused-ring (bicyclic) bond motifs is 3. The molecule has 1 aromatic rings. The van der Waals surface area contributed by atoms with E-state index in [2.05, 4.69) is 0 Å². The Hall–Kier alpha value is -3.26. The maximum Gasteiger partial charge on any atom is 0.230 e. The van der Waals surface area contributed by atoms with Gasteiger partial charge in [0, 0.05) is 17.5 Å². The number of hydrogen-bond donors (Lipinski definition) is 5. The molecule has 10 heteroatoms. The van der Waals surface area contributed by atoms with Crippen LogP contribution in [-0.2, 0) is 20.8 Å². The first-order valence-electron chi connectivity index (χ1n) is 10.1. The Bertz CT molecular complexity index is 1140. The number of likely N-dealkylation sites (N-methyl/N-ethyl adjacent to an activating group) is 1. The van der Waals surface area contributed by atoms with Crippen molar-refractivity contribution < 1.29 is 34.8 Å². The second kappa shape index (κ2) is 7.13. The highest BCUT2D eigenvalue weighted by atomic mass is 16.3. The highest BCUT2D eigenvalue weighted by Gasteiger charge is 2.67. The van der Waals surface area contributed by atoms with Crippen molar-refractivity contribution in [2.45, 2.75) is 30.6 Å². The van der Waals surface area contributed by atoms with Crippen LogP contribution in [-0.4, -0.2) is 74.6 Å². The minimum Gasteiger partial charge on any atom is -0.507 e. The number of Topliss-reactive ketones (excluding diaryl/α,β-unsaturated/α-hetero) is 2. The average Bonchev–Trinajstić information content (AvgIpc) is 2.70. The number of phenolic OH excluding ortho intramolecular Hbond substituents is 1. The van der Waals surface area contributed by atoms with Gasteiger partial charge in [0.15, 0.2) is 11.4 Å². The fourth-order valence-corrected chi connectivity index (χ4v) is 5.71. The fourth-order valence-electron chi connectivity index (χ4n) is 5.71. The molecule has 3 aliphatic carbocycles. The predicted molar refractivity (Wildman–Crippen MR) is 109 cm³/mol. The van der Waals surface area contributed by atoms with Gasteiger partial charge in [0.25, 0.3) is 0 Å². The van der Waals surface area contributed by atoms with Gasteiger partial charge in [-0.3, -0.25) is 14.4 Å². The second-order valence-corrected chi connectivity index (χ2v) is 8.89. The van der Waals surface area contributed by atoms with Crippen LogP contribution in [0.25, 0.3) is 5.76 Å². The molecule has 3 aliphatic rings. The SMILES string of the molecule is CN(C)[C@@H]1C(O)C(C(N)=O)C(=O)[C@@]2(O)C(=O)C3=C(O)c4c(O)ccc(C#N)c4C[C@H]3C[C@@H]12. The molecule has 2 unspecified atom stereocenters. The first-order chi connectivity index (χ1) is 15.0. The summed E-state index contributed by atoms with van der Waals surface area (Å²) in [6, 6.07) is 3.66. The van der Waals surface area contributed by atoms with E-state index in [-0.39, 0.29) is 35.3 Å². The summed E-state index contributed by atoms with van der Waals surface area (Å²) in [5, 5.41) is 52.9. The summed E-state index contributed by atoms with van der Waals surface area (Å²) in [5.41, 5.74) is 2.88. The van der Waals surface area contributed by atoms with E-state index in [0.29, 0.717) is 5.56 Å². The molecule has 0 heterocycles. The summed E-state index contributed by atoms with van der Waals surface area (Å²) in [5.74, 6) is -7.99. The van der Waals surface area contributed by atoms with Gasteiger partial charge in [0.2, 0.25) is 11.7 Å². The third kappa shape index (κ3) is 2.65. The molecule has 1 aromatic carbocycles. The minimum absolute atomic E-state index is 0.0126. The standard InChI is InChI=1S/C22H23N3O7/c1-25(2)16-11-6-9-5-10-8(7-23)3-4-12(26)14(10)17(27)13(9)19(29)22(11,32)20(30)15(18(16)28)21(24)31/h3-4,9,11,15-16,18,26-28,32H,5-6H2,1-2H3,(H2,24,31)/t9-,11-,15?,16-,18?,22-/m0/s1. The van der Waals surface area contributed by atoms with Crippen LogP contribution in [0.15, 0.2) is 17.7 Å². The number of carbonyl (C=O) groups excluding carboxylic acids is 3. The number of aromatic hydroxyl groups is 1. The zero-order valence-corrected chi connectivity index (χ0v) is 17.4. The Morgan fingerprint density at radius 3 is 2.50 bits per heavy atom. The van der Waals surface area contributed by atoms with E-state index in [9.17, 15) is 40.1 Å². The van der Waals surface area contributed by atoms with E-state index in [4.69, 9.17) is 5.73 Å². The van der Waals surface area contributed by atoms with Gasteiger partial charge in [-0.15, -0.1) is 0 Å². The number of hydrogen-bond acceptors (Lipinski definition) is 9. The zero-order chi connectivity index (χ0) is 23.7. The normalized spacial score (nSPS) is 33.9. The lowest BCUT2D eigenvalue weighted by Gasteiger charge is -2.53. The minimum atomic E-state index is -2.69. The number of carbonyl (C=O) groups is 3. The number of aliphatic hydroxyl groups excluding tert-OH is 2. The summed E-state index contributed by atoms with van der Waals surface area (Å²) >= 11 is 0. The molecule has 1 amide bonds. The van der Waals surface area contributed by atoms with E-state index in [0.717, 1.165) is 0 Å². The molecule has 168 valence electrons. The largest absolute Gasteiger partial charge is 0.507 e. The van der Waals surface area contributed by atoms with Gasteiger partial charge in [-0.1, -0.05) is 0 Å². The van der Waals surface area contributed by atoms with Gasteiger partial charge in [-0.25, -0.2) is 0 Å². The summed E-state index contributed by atoms with van der Waals surface area (Å²) in [4.78, 5) is 40.2. The summed E-state index contributed by atoms with van der Waals surface area (Å²) in [7, 11) is 3.16. The van der Waals surface area contributed by atoms with Crippen molar-refractivity contribution in [3.63, 3.8) is 0 Å². The molecule has 0 aliphatic heterocycles.